The van der Waals surface area contributed by atoms with Gasteiger partial charge in [0, 0.05) is 0 Å². The molecule has 1 aromatic carbocycles. The van der Waals surface area contributed by atoms with Crippen LogP contribution in [-0.4, -0.2) is 8.07 Å². The molecule has 0 N–H and O–H groups in total. The number of hydrogen-bond acceptors (Lipinski definition) is 0. The van der Waals surface area contributed by atoms with Gasteiger partial charge in [0.15, 0.2) is 0 Å². The summed E-state index contributed by atoms with van der Waals surface area (Å²) in [5.41, 5.74) is 5.99. The third kappa shape index (κ3) is 5.99. The van der Waals surface area contributed by atoms with E-state index in [4.69, 9.17) is 0 Å². The topological polar surface area (TPSA) is 0 Å². The monoisotopic (exact) mass is 450 g/mol. The molecule has 0 aliphatic heterocycles. The molecule has 138 valence electrons. The molecule has 0 saturated heterocycles. The van der Waals surface area contributed by atoms with Crippen molar-refractivity contribution in [3.8, 4) is 0 Å². The van der Waals surface area contributed by atoms with Gasteiger partial charge in [0.25, 0.3) is 0 Å². The zero-order chi connectivity index (χ0) is 16.5. The first-order valence-electron chi connectivity index (χ1n) is 8.50. The normalized spacial score (nSPS) is 16.0. The number of hydrogen-bond donors (Lipinski definition) is 0. The van der Waals surface area contributed by atoms with Gasteiger partial charge in [-0.1, -0.05) is 0 Å². The van der Waals surface area contributed by atoms with Crippen LogP contribution in [-0.2, 0) is 20.4 Å². The minimum atomic E-state index is -1.58. The fourth-order valence-electron chi connectivity index (χ4n) is 3.80. The van der Waals surface area contributed by atoms with Crippen LogP contribution in [0.3, 0.4) is 0 Å². The van der Waals surface area contributed by atoms with Crippen LogP contribution in [0.2, 0.25) is 12.6 Å². The maximum absolute atomic E-state index is 2.61. The van der Waals surface area contributed by atoms with Gasteiger partial charge in [-0.15, -0.1) is 0 Å². The molecule has 0 heterocycles. The molecule has 5 heteroatoms. The van der Waals surface area contributed by atoms with Crippen molar-refractivity contribution in [1.82, 2.24) is 0 Å². The van der Waals surface area contributed by atoms with Gasteiger partial charge in [-0.2, -0.15) is 0 Å². The molecule has 2 rings (SSSR count). The van der Waals surface area contributed by atoms with E-state index in [0.29, 0.717) is 0 Å². The first-order chi connectivity index (χ1) is 10.3. The van der Waals surface area contributed by atoms with E-state index in [0.717, 1.165) is 0 Å². The summed E-state index contributed by atoms with van der Waals surface area (Å²) in [5.74, 6) is 0. The molecular formula is C20H29Cl3SiTi. The number of halogens is 3. The fourth-order valence-corrected chi connectivity index (χ4v) is 9.32. The van der Waals surface area contributed by atoms with Gasteiger partial charge >= 0.3 is 150 Å². The molecule has 0 bridgehead atoms. The predicted molar refractivity (Wildman–Crippen MR) is 96.9 cm³/mol. The van der Waals surface area contributed by atoms with Crippen LogP contribution in [0.15, 0.2) is 38.4 Å². The third-order valence-electron chi connectivity index (χ3n) is 5.38. The molecule has 0 amide bonds. The Morgan fingerprint density at radius 3 is 1.84 bits per heavy atom. The molecule has 0 radical (unpaired) electrons. The second-order valence-electron chi connectivity index (χ2n) is 7.20. The van der Waals surface area contributed by atoms with Gasteiger partial charge in [-0.3, -0.25) is 0 Å². The Morgan fingerprint density at radius 1 is 0.920 bits per heavy atom. The standard InChI is InChI=1S/C20H29Si.3ClH.Ti/c1-7-8-11-21(6,20-10-9-17(4)18(20)5)19-13-15(2)12-16(3)14-19;;;;/h12-14H,7-8,10-11H2,1-6H3;3*1H;/q;;;;+3/p-3. The van der Waals surface area contributed by atoms with Crippen molar-refractivity contribution in [1.29, 1.82) is 0 Å². The van der Waals surface area contributed by atoms with Crippen molar-refractivity contribution < 1.29 is 57.7 Å². The van der Waals surface area contributed by atoms with Gasteiger partial charge in [-0.25, -0.2) is 0 Å². The average molecular weight is 452 g/mol. The third-order valence-corrected chi connectivity index (χ3v) is 11.0. The van der Waals surface area contributed by atoms with Crippen LogP contribution in [0.5, 0.6) is 0 Å². The largest absolute Gasteiger partial charge is 1.00 e. The molecule has 1 aromatic rings. The summed E-state index contributed by atoms with van der Waals surface area (Å²) < 4.78 is 1.59. The number of allylic oxidation sites excluding steroid dienone is 4. The van der Waals surface area contributed by atoms with Crippen LogP contribution < -0.4 is 42.4 Å². The van der Waals surface area contributed by atoms with E-state index in [-0.39, 0.29) is 37.2 Å². The first kappa shape index (κ1) is 27.7. The Labute approximate surface area is 186 Å². The van der Waals surface area contributed by atoms with Gasteiger partial charge < -0.3 is 37.2 Å². The number of aryl methyl sites for hydroxylation is 2. The van der Waals surface area contributed by atoms with Crippen molar-refractivity contribution in [2.45, 2.75) is 66.5 Å². The summed E-state index contributed by atoms with van der Waals surface area (Å²) in [7, 11) is -1.58. The number of rotatable bonds is 5. The summed E-state index contributed by atoms with van der Waals surface area (Å²) in [5, 5.41) is 3.44. The molecule has 1 aliphatic carbocycles. The molecule has 1 unspecified atom stereocenters. The van der Waals surface area contributed by atoms with Crippen LogP contribution in [0.25, 0.3) is 0 Å². The predicted octanol–water partition coefficient (Wildman–Crippen LogP) is -3.52. The minimum Gasteiger partial charge on any atom is -1.00 e. The SMILES string of the molecule is CCCC[Si](C)(C1=C(C)C(C)=[C]([Ti+3])C1)c1cc(C)cc(C)c1.[Cl-].[Cl-].[Cl-]. The fraction of sp³-hybridized carbons (Fsp3) is 0.500. The van der Waals surface area contributed by atoms with Crippen molar-refractivity contribution in [2.75, 3.05) is 0 Å². The van der Waals surface area contributed by atoms with Crippen molar-refractivity contribution in [2.24, 2.45) is 0 Å². The van der Waals surface area contributed by atoms with Crippen molar-refractivity contribution in [3.63, 3.8) is 0 Å². The number of benzene rings is 1. The van der Waals surface area contributed by atoms with Crippen LogP contribution in [0, 0.1) is 13.8 Å². The van der Waals surface area contributed by atoms with E-state index in [1.165, 1.54) is 36.4 Å². The smallest absolute Gasteiger partial charge is 1.00 e. The van der Waals surface area contributed by atoms with E-state index >= 15 is 0 Å². The summed E-state index contributed by atoms with van der Waals surface area (Å²) in [6.07, 6.45) is 3.87. The Bertz CT molecular complexity index is 632. The number of unbranched alkanes of at least 4 members (excludes halogenated alkanes) is 1. The second-order valence-corrected chi connectivity index (χ2v) is 12.5. The summed E-state index contributed by atoms with van der Waals surface area (Å²) >= 11 is 2.32. The quantitative estimate of drug-likeness (QED) is 0.407. The first-order valence-corrected chi connectivity index (χ1v) is 12.0. The van der Waals surface area contributed by atoms with Gasteiger partial charge in [0.1, 0.15) is 0 Å². The van der Waals surface area contributed by atoms with Crippen molar-refractivity contribution in [3.05, 3.63) is 49.5 Å². The zero-order valence-electron chi connectivity index (χ0n) is 16.2. The van der Waals surface area contributed by atoms with Gasteiger partial charge in [-0.05, 0) is 0 Å². The van der Waals surface area contributed by atoms with Gasteiger partial charge in [0.05, 0.1) is 0 Å². The molecule has 0 nitrogen and oxygen atoms in total. The van der Waals surface area contributed by atoms with E-state index in [1.807, 2.05) is 0 Å². The summed E-state index contributed by atoms with van der Waals surface area (Å²) in [4.78, 5) is 0. The molecule has 0 fully saturated rings. The Kier molecular flexibility index (Phi) is 12.6. The molecule has 0 spiro atoms. The Hall–Kier alpha value is 0.501. The minimum absolute atomic E-state index is 0. The van der Waals surface area contributed by atoms with E-state index in [2.05, 4.69) is 79.8 Å². The molecule has 25 heavy (non-hydrogen) atoms. The Morgan fingerprint density at radius 2 is 1.44 bits per heavy atom. The van der Waals surface area contributed by atoms with E-state index in [9.17, 15) is 0 Å². The molecule has 0 saturated carbocycles. The molecular weight excluding hydrogens is 423 g/mol. The maximum atomic E-state index is 2.61. The molecule has 1 atom stereocenters. The van der Waals surface area contributed by atoms with Crippen LogP contribution in [0.1, 0.15) is 51.2 Å². The average Bonchev–Trinajstić information content (AvgIpc) is 2.72. The van der Waals surface area contributed by atoms with Crippen LogP contribution >= 0.6 is 0 Å². The maximum Gasteiger partial charge on any atom is -1.00 e. The van der Waals surface area contributed by atoms with E-state index in [1.54, 1.807) is 25.4 Å². The Balaban J connectivity index is 0. The molecule has 1 aliphatic rings. The van der Waals surface area contributed by atoms with E-state index < -0.39 is 8.07 Å². The zero-order valence-corrected chi connectivity index (χ0v) is 21.0. The summed E-state index contributed by atoms with van der Waals surface area (Å²) in [6.45, 7) is 14.1. The summed E-state index contributed by atoms with van der Waals surface area (Å²) in [6, 6.07) is 8.64. The van der Waals surface area contributed by atoms with Crippen LogP contribution in [0.4, 0.5) is 0 Å². The molecule has 0 aromatic heterocycles. The van der Waals surface area contributed by atoms with Gasteiger partial charge in [0.2, 0.25) is 0 Å². The van der Waals surface area contributed by atoms with Crippen molar-refractivity contribution >= 4 is 13.3 Å². The second kappa shape index (κ2) is 11.4.